The van der Waals surface area contributed by atoms with E-state index in [9.17, 15) is 0 Å². The van der Waals surface area contributed by atoms with Crippen molar-refractivity contribution in [3.63, 3.8) is 0 Å². The van der Waals surface area contributed by atoms with E-state index in [-0.39, 0.29) is 0 Å². The minimum absolute atomic E-state index is 0.832. The normalized spacial score (nSPS) is 10.1. The Hall–Kier alpha value is -1.35. The van der Waals surface area contributed by atoms with Gasteiger partial charge in [-0.2, -0.15) is 0 Å². The molecule has 2 nitrogen and oxygen atoms in total. The molecule has 0 N–H and O–H groups in total. The van der Waals surface area contributed by atoms with Crippen molar-refractivity contribution in [2.24, 2.45) is 0 Å². The van der Waals surface area contributed by atoms with Crippen molar-refractivity contribution >= 4 is 11.3 Å². The second-order valence-corrected chi connectivity index (χ2v) is 4.04. The first kappa shape index (κ1) is 9.21. The molecule has 0 radical (unpaired) electrons. The molecule has 0 amide bonds. The Labute approximate surface area is 87.2 Å². The van der Waals surface area contributed by atoms with E-state index in [4.69, 9.17) is 4.74 Å². The molecule has 2 rings (SSSR count). The standard InChI is InChI=1S/C11H11NOS/c1-8-3-4-9(2)10(5-8)13-11-6-12-7-14-11/h3-7H,1-2H3. The Morgan fingerprint density at radius 3 is 2.86 bits per heavy atom. The first-order valence-corrected chi connectivity index (χ1v) is 5.27. The number of benzene rings is 1. The van der Waals surface area contributed by atoms with E-state index in [1.54, 1.807) is 11.7 Å². The SMILES string of the molecule is Cc1ccc(C)c(Oc2cncs2)c1. The lowest BCUT2D eigenvalue weighted by Crippen LogP contribution is -1.86. The van der Waals surface area contributed by atoms with Gasteiger partial charge in [-0.05, 0) is 31.0 Å². The molecule has 0 aliphatic carbocycles. The third-order valence-corrected chi connectivity index (χ3v) is 2.61. The minimum Gasteiger partial charge on any atom is -0.445 e. The van der Waals surface area contributed by atoms with Gasteiger partial charge in [0.2, 0.25) is 5.06 Å². The van der Waals surface area contributed by atoms with Crippen molar-refractivity contribution in [1.82, 2.24) is 4.98 Å². The largest absolute Gasteiger partial charge is 0.445 e. The van der Waals surface area contributed by atoms with Gasteiger partial charge in [0.1, 0.15) is 5.75 Å². The van der Waals surface area contributed by atoms with Crippen LogP contribution in [-0.2, 0) is 0 Å². The molecule has 0 unspecified atom stereocenters. The van der Waals surface area contributed by atoms with Crippen molar-refractivity contribution in [3.05, 3.63) is 41.0 Å². The molecule has 1 heterocycles. The van der Waals surface area contributed by atoms with E-state index >= 15 is 0 Å². The summed E-state index contributed by atoms with van der Waals surface area (Å²) >= 11 is 1.50. The number of thiazole rings is 1. The molecule has 2 aromatic rings. The van der Waals surface area contributed by atoms with Crippen molar-refractivity contribution in [1.29, 1.82) is 0 Å². The van der Waals surface area contributed by atoms with Crippen LogP contribution in [0.25, 0.3) is 0 Å². The lowest BCUT2D eigenvalue weighted by molar-refractivity contribution is 0.491. The van der Waals surface area contributed by atoms with Gasteiger partial charge < -0.3 is 4.74 Å². The fourth-order valence-corrected chi connectivity index (χ4v) is 1.67. The van der Waals surface area contributed by atoms with Gasteiger partial charge in [-0.15, -0.1) is 0 Å². The van der Waals surface area contributed by atoms with Crippen LogP contribution in [0.2, 0.25) is 0 Å². The molecule has 0 saturated heterocycles. The van der Waals surface area contributed by atoms with Crippen LogP contribution < -0.4 is 4.74 Å². The van der Waals surface area contributed by atoms with E-state index in [0.29, 0.717) is 0 Å². The molecule has 14 heavy (non-hydrogen) atoms. The van der Waals surface area contributed by atoms with Crippen molar-refractivity contribution in [2.75, 3.05) is 0 Å². The zero-order valence-corrected chi connectivity index (χ0v) is 8.97. The van der Waals surface area contributed by atoms with E-state index in [0.717, 1.165) is 16.4 Å². The Morgan fingerprint density at radius 1 is 1.29 bits per heavy atom. The molecule has 0 aliphatic rings. The molecule has 72 valence electrons. The van der Waals surface area contributed by atoms with Crippen LogP contribution in [0, 0.1) is 13.8 Å². The lowest BCUT2D eigenvalue weighted by atomic mass is 10.1. The van der Waals surface area contributed by atoms with Crippen LogP contribution in [0.15, 0.2) is 29.9 Å². The summed E-state index contributed by atoms with van der Waals surface area (Å²) in [5.74, 6) is 0.911. The smallest absolute Gasteiger partial charge is 0.200 e. The van der Waals surface area contributed by atoms with Crippen LogP contribution in [0.1, 0.15) is 11.1 Å². The molecule has 0 fully saturated rings. The van der Waals surface area contributed by atoms with Crippen LogP contribution in [-0.4, -0.2) is 4.98 Å². The first-order chi connectivity index (χ1) is 6.75. The van der Waals surface area contributed by atoms with Gasteiger partial charge in [0.25, 0.3) is 0 Å². The number of nitrogens with zero attached hydrogens (tertiary/aromatic N) is 1. The minimum atomic E-state index is 0.832. The van der Waals surface area contributed by atoms with Gasteiger partial charge in [0.05, 0.1) is 11.7 Å². The van der Waals surface area contributed by atoms with Crippen LogP contribution in [0.3, 0.4) is 0 Å². The predicted octanol–water partition coefficient (Wildman–Crippen LogP) is 3.55. The Morgan fingerprint density at radius 2 is 2.14 bits per heavy atom. The van der Waals surface area contributed by atoms with E-state index in [2.05, 4.69) is 24.0 Å². The average molecular weight is 205 g/mol. The predicted molar refractivity (Wildman–Crippen MR) is 58.1 cm³/mol. The Balaban J connectivity index is 2.28. The third kappa shape index (κ3) is 1.93. The number of rotatable bonds is 2. The average Bonchev–Trinajstić information content (AvgIpc) is 2.64. The number of ether oxygens (including phenoxy) is 1. The molecule has 3 heteroatoms. The van der Waals surface area contributed by atoms with Crippen molar-refractivity contribution < 1.29 is 4.74 Å². The van der Waals surface area contributed by atoms with Crippen LogP contribution >= 0.6 is 11.3 Å². The fourth-order valence-electron chi connectivity index (χ4n) is 1.18. The highest BCUT2D eigenvalue weighted by Crippen LogP contribution is 2.28. The molecule has 0 saturated carbocycles. The molecule has 0 atom stereocenters. The number of hydrogen-bond acceptors (Lipinski definition) is 3. The Kier molecular flexibility index (Phi) is 2.50. The summed E-state index contributed by atoms with van der Waals surface area (Å²) in [4.78, 5) is 3.96. The maximum absolute atomic E-state index is 5.69. The maximum Gasteiger partial charge on any atom is 0.200 e. The summed E-state index contributed by atoms with van der Waals surface area (Å²) < 4.78 is 5.69. The van der Waals surface area contributed by atoms with Gasteiger partial charge in [-0.1, -0.05) is 23.5 Å². The lowest BCUT2D eigenvalue weighted by Gasteiger charge is -2.06. The second kappa shape index (κ2) is 3.80. The molecule has 0 spiro atoms. The number of aromatic nitrogens is 1. The highest BCUT2D eigenvalue weighted by molar-refractivity contribution is 7.11. The quantitative estimate of drug-likeness (QED) is 0.748. The highest BCUT2D eigenvalue weighted by Gasteiger charge is 2.02. The summed E-state index contributed by atoms with van der Waals surface area (Å²) in [5.41, 5.74) is 4.11. The summed E-state index contributed by atoms with van der Waals surface area (Å²) in [6, 6.07) is 6.18. The molecular formula is C11H11NOS. The zero-order valence-electron chi connectivity index (χ0n) is 8.15. The van der Waals surface area contributed by atoms with E-state index in [1.165, 1.54) is 16.9 Å². The topological polar surface area (TPSA) is 22.1 Å². The zero-order chi connectivity index (χ0) is 9.97. The molecule has 1 aromatic heterocycles. The number of hydrogen-bond donors (Lipinski definition) is 0. The third-order valence-electron chi connectivity index (χ3n) is 1.96. The van der Waals surface area contributed by atoms with Gasteiger partial charge in [-0.25, -0.2) is 4.98 Å². The highest BCUT2D eigenvalue weighted by atomic mass is 32.1. The van der Waals surface area contributed by atoms with Gasteiger partial charge in [0, 0.05) is 0 Å². The molecule has 1 aromatic carbocycles. The summed E-state index contributed by atoms with van der Waals surface area (Å²) in [6.07, 6.45) is 1.73. The summed E-state index contributed by atoms with van der Waals surface area (Å²) in [7, 11) is 0. The second-order valence-electron chi connectivity index (χ2n) is 3.19. The van der Waals surface area contributed by atoms with Crippen molar-refractivity contribution in [3.8, 4) is 10.8 Å². The van der Waals surface area contributed by atoms with Gasteiger partial charge in [0.15, 0.2) is 0 Å². The van der Waals surface area contributed by atoms with Crippen LogP contribution in [0.5, 0.6) is 10.8 Å². The molecular weight excluding hydrogens is 194 g/mol. The fraction of sp³-hybridized carbons (Fsp3) is 0.182. The van der Waals surface area contributed by atoms with E-state index in [1.807, 2.05) is 13.0 Å². The maximum atomic E-state index is 5.69. The summed E-state index contributed by atoms with van der Waals surface area (Å²) in [5, 5.41) is 0.832. The first-order valence-electron chi connectivity index (χ1n) is 4.39. The molecule has 0 aliphatic heterocycles. The number of aryl methyl sites for hydroxylation is 2. The van der Waals surface area contributed by atoms with E-state index < -0.39 is 0 Å². The molecule has 0 bridgehead atoms. The van der Waals surface area contributed by atoms with Gasteiger partial charge in [-0.3, -0.25) is 0 Å². The summed E-state index contributed by atoms with van der Waals surface area (Å²) in [6.45, 7) is 4.09. The van der Waals surface area contributed by atoms with Gasteiger partial charge >= 0.3 is 0 Å². The monoisotopic (exact) mass is 205 g/mol. The Bertz CT molecular complexity index is 423. The van der Waals surface area contributed by atoms with Crippen molar-refractivity contribution in [2.45, 2.75) is 13.8 Å². The van der Waals surface area contributed by atoms with Crippen LogP contribution in [0.4, 0.5) is 0 Å².